The molecular weight excluding hydrogens is 607 g/mol. The molecule has 0 saturated heterocycles. The number of anilines is 1. The molecule has 47 heavy (non-hydrogen) atoms. The fraction of sp³-hybridized carbons (Fsp3) is 0.103. The van der Waals surface area contributed by atoms with E-state index in [1.807, 2.05) is 103 Å². The normalized spacial score (nSPS) is 14.4. The average molecular weight is 638 g/mol. The number of para-hydroxylation sites is 2. The molecule has 7 nitrogen and oxygen atoms in total. The van der Waals surface area contributed by atoms with Crippen molar-refractivity contribution in [2.45, 2.75) is 19.6 Å². The molecule has 5 aromatic carbocycles. The summed E-state index contributed by atoms with van der Waals surface area (Å²) in [7, 11) is 1.59. The van der Waals surface area contributed by atoms with Gasteiger partial charge in [-0.2, -0.15) is 0 Å². The second kappa shape index (κ2) is 12.9. The molecular formula is C39H31N3O4S. The van der Waals surface area contributed by atoms with Crippen molar-refractivity contribution in [3.63, 3.8) is 0 Å². The van der Waals surface area contributed by atoms with Gasteiger partial charge in [0.15, 0.2) is 4.80 Å². The summed E-state index contributed by atoms with van der Waals surface area (Å²) < 4.78 is 14.0. The van der Waals surface area contributed by atoms with Crippen LogP contribution in [-0.2, 0) is 11.4 Å². The summed E-state index contributed by atoms with van der Waals surface area (Å²) in [6.07, 6.45) is 1.84. The molecule has 0 aliphatic carbocycles. The van der Waals surface area contributed by atoms with Crippen LogP contribution in [0.25, 0.3) is 16.8 Å². The third-order valence-electron chi connectivity index (χ3n) is 8.18. The van der Waals surface area contributed by atoms with Gasteiger partial charge in [0.05, 0.1) is 29.0 Å². The number of nitrogens with one attached hydrogen (secondary N) is 1. The lowest BCUT2D eigenvalue weighted by atomic mass is 9.95. The van der Waals surface area contributed by atoms with Crippen molar-refractivity contribution in [1.82, 2.24) is 4.57 Å². The Morgan fingerprint density at radius 3 is 2.51 bits per heavy atom. The van der Waals surface area contributed by atoms with E-state index in [-0.39, 0.29) is 11.5 Å². The summed E-state index contributed by atoms with van der Waals surface area (Å²) in [6, 6.07) is 38.1. The lowest BCUT2D eigenvalue weighted by Gasteiger charge is -2.25. The van der Waals surface area contributed by atoms with E-state index in [1.165, 1.54) is 11.3 Å². The molecule has 1 N–H and O–H groups in total. The molecule has 1 amide bonds. The van der Waals surface area contributed by atoms with Gasteiger partial charge < -0.3 is 14.8 Å². The molecule has 1 aromatic heterocycles. The largest absolute Gasteiger partial charge is 0.497 e. The van der Waals surface area contributed by atoms with E-state index in [2.05, 4.69) is 29.6 Å². The Balaban J connectivity index is 1.29. The number of carbonyl (C=O) groups excluding carboxylic acids is 1. The zero-order valence-electron chi connectivity index (χ0n) is 25.8. The molecule has 0 bridgehead atoms. The predicted molar refractivity (Wildman–Crippen MR) is 187 cm³/mol. The van der Waals surface area contributed by atoms with Crippen molar-refractivity contribution in [3.8, 4) is 11.5 Å². The van der Waals surface area contributed by atoms with Crippen LogP contribution in [0.4, 0.5) is 5.69 Å². The standard InChI is InChI=1S/C39H31N3O4S/c1-25-35(37(43)41-30-17-4-3-5-18-30)36(28-15-11-19-31(22-28)45-2)42-38(44)34(47-39(42)40-25)23-27-13-7-9-21-33(27)46-24-29-16-10-14-26-12-6-8-20-32(26)29/h3-23,36H,24H2,1-2H3,(H,41,43)/b34-23+/t36-/m0/s1. The van der Waals surface area contributed by atoms with Crippen LogP contribution in [-0.4, -0.2) is 17.6 Å². The lowest BCUT2D eigenvalue weighted by Crippen LogP contribution is -2.40. The SMILES string of the molecule is COc1cccc([C@H]2C(C(=O)Nc3ccccc3)=C(C)N=c3s/c(=C/c4ccccc4OCc4cccc5ccccc45)c(=O)n32)c1. The van der Waals surface area contributed by atoms with Crippen LogP contribution in [0.3, 0.4) is 0 Å². The number of methoxy groups -OCH3 is 1. The first-order valence-electron chi connectivity index (χ1n) is 15.2. The second-order valence-electron chi connectivity index (χ2n) is 11.1. The van der Waals surface area contributed by atoms with E-state index in [0.717, 1.165) is 27.5 Å². The number of amides is 1. The number of nitrogens with zero attached hydrogens (tertiary/aromatic N) is 2. The molecule has 1 atom stereocenters. The Morgan fingerprint density at radius 1 is 0.915 bits per heavy atom. The number of rotatable bonds is 8. The van der Waals surface area contributed by atoms with Crippen LogP contribution in [0, 0.1) is 0 Å². The van der Waals surface area contributed by atoms with Crippen molar-refractivity contribution in [3.05, 3.63) is 169 Å². The van der Waals surface area contributed by atoms with E-state index in [4.69, 9.17) is 14.5 Å². The minimum absolute atomic E-state index is 0.247. The smallest absolute Gasteiger partial charge is 0.271 e. The Kier molecular flexibility index (Phi) is 8.25. The monoisotopic (exact) mass is 637 g/mol. The highest BCUT2D eigenvalue weighted by Gasteiger charge is 2.32. The molecule has 2 heterocycles. The summed E-state index contributed by atoms with van der Waals surface area (Å²) in [5.74, 6) is 0.959. The molecule has 0 radical (unpaired) electrons. The Morgan fingerprint density at radius 2 is 1.66 bits per heavy atom. The second-order valence-corrected chi connectivity index (χ2v) is 12.2. The average Bonchev–Trinajstić information content (AvgIpc) is 3.41. The van der Waals surface area contributed by atoms with Gasteiger partial charge in [-0.05, 0) is 65.2 Å². The highest BCUT2D eigenvalue weighted by molar-refractivity contribution is 7.07. The fourth-order valence-electron chi connectivity index (χ4n) is 5.91. The van der Waals surface area contributed by atoms with Gasteiger partial charge in [-0.25, -0.2) is 4.99 Å². The van der Waals surface area contributed by atoms with Gasteiger partial charge >= 0.3 is 0 Å². The Bertz CT molecular complexity index is 2340. The van der Waals surface area contributed by atoms with Crippen molar-refractivity contribution in [2.75, 3.05) is 12.4 Å². The summed E-state index contributed by atoms with van der Waals surface area (Å²) in [5, 5.41) is 5.28. The van der Waals surface area contributed by atoms with Crippen LogP contribution in [0.5, 0.6) is 11.5 Å². The minimum Gasteiger partial charge on any atom is -0.497 e. The van der Waals surface area contributed by atoms with Crippen LogP contribution in [0.2, 0.25) is 0 Å². The van der Waals surface area contributed by atoms with Gasteiger partial charge in [0, 0.05) is 11.3 Å². The third-order valence-corrected chi connectivity index (χ3v) is 9.16. The molecule has 0 spiro atoms. The maximum absolute atomic E-state index is 14.3. The van der Waals surface area contributed by atoms with Crippen molar-refractivity contribution in [2.24, 2.45) is 4.99 Å². The summed E-state index contributed by atoms with van der Waals surface area (Å²) in [4.78, 5) is 33.4. The number of ether oxygens (including phenoxy) is 2. The molecule has 1 aliphatic heterocycles. The summed E-state index contributed by atoms with van der Waals surface area (Å²) in [5.41, 5.74) is 3.92. The topological polar surface area (TPSA) is 81.9 Å². The van der Waals surface area contributed by atoms with Gasteiger partial charge in [0.1, 0.15) is 18.1 Å². The summed E-state index contributed by atoms with van der Waals surface area (Å²) >= 11 is 1.29. The molecule has 7 rings (SSSR count). The first kappa shape index (κ1) is 30.0. The van der Waals surface area contributed by atoms with E-state index >= 15 is 0 Å². The summed E-state index contributed by atoms with van der Waals surface area (Å²) in [6.45, 7) is 2.18. The van der Waals surface area contributed by atoms with Crippen molar-refractivity contribution < 1.29 is 14.3 Å². The Hall–Kier alpha value is -5.73. The zero-order valence-corrected chi connectivity index (χ0v) is 26.7. The predicted octanol–water partition coefficient (Wildman–Crippen LogP) is 6.61. The third kappa shape index (κ3) is 5.98. The number of allylic oxidation sites excluding steroid dienone is 1. The number of hydrogen-bond acceptors (Lipinski definition) is 6. The number of aromatic nitrogens is 1. The number of fused-ring (bicyclic) bond motifs is 2. The number of carbonyl (C=O) groups is 1. The maximum Gasteiger partial charge on any atom is 0.271 e. The molecule has 232 valence electrons. The molecule has 1 aliphatic rings. The Labute approximate surface area is 275 Å². The quantitative estimate of drug-likeness (QED) is 0.204. The van der Waals surface area contributed by atoms with Crippen molar-refractivity contribution >= 4 is 39.8 Å². The zero-order chi connectivity index (χ0) is 32.3. The number of hydrogen-bond donors (Lipinski definition) is 1. The molecule has 8 heteroatoms. The van der Waals surface area contributed by atoms with Gasteiger partial charge in [0.2, 0.25) is 0 Å². The van der Waals surface area contributed by atoms with Crippen molar-refractivity contribution in [1.29, 1.82) is 0 Å². The molecule has 0 unspecified atom stereocenters. The van der Waals surface area contributed by atoms with Crippen LogP contribution >= 0.6 is 11.3 Å². The van der Waals surface area contributed by atoms with Crippen LogP contribution in [0.15, 0.2) is 142 Å². The number of benzene rings is 5. The lowest BCUT2D eigenvalue weighted by molar-refractivity contribution is -0.113. The molecule has 0 fully saturated rings. The van der Waals surface area contributed by atoms with E-state index in [0.29, 0.717) is 44.4 Å². The van der Waals surface area contributed by atoms with Gasteiger partial charge in [-0.15, -0.1) is 0 Å². The van der Waals surface area contributed by atoms with Gasteiger partial charge in [-0.1, -0.05) is 102 Å². The first-order chi connectivity index (χ1) is 23.0. The van der Waals surface area contributed by atoms with E-state index < -0.39 is 6.04 Å². The van der Waals surface area contributed by atoms with Gasteiger partial charge in [-0.3, -0.25) is 14.2 Å². The number of thiazole rings is 1. The van der Waals surface area contributed by atoms with E-state index in [1.54, 1.807) is 18.6 Å². The first-order valence-corrected chi connectivity index (χ1v) is 16.0. The maximum atomic E-state index is 14.3. The highest BCUT2D eigenvalue weighted by atomic mass is 32.1. The minimum atomic E-state index is -0.718. The fourth-order valence-corrected chi connectivity index (χ4v) is 6.94. The highest BCUT2D eigenvalue weighted by Crippen LogP contribution is 2.32. The van der Waals surface area contributed by atoms with Crippen LogP contribution in [0.1, 0.15) is 29.7 Å². The molecule has 6 aromatic rings. The van der Waals surface area contributed by atoms with Crippen LogP contribution < -0.4 is 29.7 Å². The van der Waals surface area contributed by atoms with Gasteiger partial charge in [0.25, 0.3) is 11.5 Å². The van der Waals surface area contributed by atoms with E-state index in [9.17, 15) is 9.59 Å². The molecule has 0 saturated carbocycles.